The molecule has 0 aliphatic heterocycles. The number of hydrogen-bond acceptors (Lipinski definition) is 3. The number of nitrogens with zero attached hydrogens (tertiary/aromatic N) is 1. The van der Waals surface area contributed by atoms with Crippen LogP contribution in [0.2, 0.25) is 5.02 Å². The lowest BCUT2D eigenvalue weighted by molar-refractivity contribution is -0.137. The Hall–Kier alpha value is -1.75. The Morgan fingerprint density at radius 1 is 1.25 bits per heavy atom. The van der Waals surface area contributed by atoms with Crippen LogP contribution in [-0.4, -0.2) is 43.0 Å². The first kappa shape index (κ1) is 16.3. The number of carbonyl (C=O) groups excluding carboxylic acids is 2. The number of benzene rings is 1. The largest absolute Gasteiger partial charge is 0.484 e. The number of hydrogen-bond donors (Lipinski definition) is 1. The Balaban J connectivity index is 2.46. The average molecular weight is 299 g/mol. The van der Waals surface area contributed by atoms with E-state index in [4.69, 9.17) is 16.3 Å². The number of rotatable bonds is 7. The number of halogens is 1. The van der Waals surface area contributed by atoms with Gasteiger partial charge in [-0.2, -0.15) is 0 Å². The summed E-state index contributed by atoms with van der Waals surface area (Å²) in [7, 11) is 0. The minimum absolute atomic E-state index is 0.0488. The molecule has 6 heteroatoms. The molecule has 5 nitrogen and oxygen atoms in total. The topological polar surface area (TPSA) is 58.6 Å². The molecule has 1 N–H and O–H groups in total. The third-order valence-corrected chi connectivity index (χ3v) is 2.87. The summed E-state index contributed by atoms with van der Waals surface area (Å²) in [6.45, 7) is 4.60. The molecule has 0 fully saturated rings. The molecule has 1 rings (SSSR count). The molecule has 110 valence electrons. The molecule has 0 aliphatic rings. The van der Waals surface area contributed by atoms with Gasteiger partial charge in [0.2, 0.25) is 5.91 Å². The summed E-state index contributed by atoms with van der Waals surface area (Å²) >= 11 is 5.76. The summed E-state index contributed by atoms with van der Waals surface area (Å²) in [4.78, 5) is 24.9. The molecule has 0 bridgehead atoms. The summed E-state index contributed by atoms with van der Waals surface area (Å²) in [5.74, 6) is 0.166. The SMILES string of the molecule is CCNC(=O)CN(CC)C(=O)COc1ccc(Cl)cc1. The number of likely N-dealkylation sites (N-methyl/N-ethyl adjacent to an activating group) is 2. The van der Waals surface area contributed by atoms with Crippen LogP contribution in [0.4, 0.5) is 0 Å². The van der Waals surface area contributed by atoms with E-state index in [0.717, 1.165) is 0 Å². The van der Waals surface area contributed by atoms with Crippen LogP contribution in [-0.2, 0) is 9.59 Å². The minimum Gasteiger partial charge on any atom is -0.484 e. The van der Waals surface area contributed by atoms with Crippen LogP contribution >= 0.6 is 11.6 Å². The third-order valence-electron chi connectivity index (χ3n) is 2.62. The highest BCUT2D eigenvalue weighted by molar-refractivity contribution is 6.30. The Morgan fingerprint density at radius 2 is 1.90 bits per heavy atom. The lowest BCUT2D eigenvalue weighted by Crippen LogP contribution is -2.42. The zero-order valence-corrected chi connectivity index (χ0v) is 12.4. The van der Waals surface area contributed by atoms with Gasteiger partial charge in [-0.1, -0.05) is 11.6 Å². The molecule has 0 radical (unpaired) electrons. The maximum atomic E-state index is 11.9. The predicted octanol–water partition coefficient (Wildman–Crippen LogP) is 1.70. The molecular formula is C14H19ClN2O3. The number of nitrogens with one attached hydrogen (secondary N) is 1. The first-order valence-electron chi connectivity index (χ1n) is 6.49. The van der Waals surface area contributed by atoms with Gasteiger partial charge in [0.15, 0.2) is 6.61 Å². The summed E-state index contributed by atoms with van der Waals surface area (Å²) in [5.41, 5.74) is 0. The fraction of sp³-hybridized carbons (Fsp3) is 0.429. The van der Waals surface area contributed by atoms with Crippen molar-refractivity contribution < 1.29 is 14.3 Å². The van der Waals surface area contributed by atoms with Gasteiger partial charge >= 0.3 is 0 Å². The van der Waals surface area contributed by atoms with Crippen LogP contribution in [0.3, 0.4) is 0 Å². The molecule has 0 saturated carbocycles. The molecule has 0 spiro atoms. The minimum atomic E-state index is -0.228. The highest BCUT2D eigenvalue weighted by atomic mass is 35.5. The first-order valence-corrected chi connectivity index (χ1v) is 6.87. The lowest BCUT2D eigenvalue weighted by Gasteiger charge is -2.20. The van der Waals surface area contributed by atoms with E-state index in [2.05, 4.69) is 5.32 Å². The zero-order chi connectivity index (χ0) is 15.0. The predicted molar refractivity (Wildman–Crippen MR) is 77.9 cm³/mol. The van der Waals surface area contributed by atoms with E-state index in [1.54, 1.807) is 24.3 Å². The van der Waals surface area contributed by atoms with Crippen molar-refractivity contribution in [1.82, 2.24) is 10.2 Å². The van der Waals surface area contributed by atoms with Gasteiger partial charge in [-0.15, -0.1) is 0 Å². The van der Waals surface area contributed by atoms with Crippen molar-refractivity contribution in [2.24, 2.45) is 0 Å². The molecule has 0 heterocycles. The van der Waals surface area contributed by atoms with Crippen molar-refractivity contribution in [3.8, 4) is 5.75 Å². The number of carbonyl (C=O) groups is 2. The van der Waals surface area contributed by atoms with Crippen LogP contribution in [0, 0.1) is 0 Å². The Bertz CT molecular complexity index is 448. The maximum absolute atomic E-state index is 11.9. The summed E-state index contributed by atoms with van der Waals surface area (Å²) < 4.78 is 5.37. The summed E-state index contributed by atoms with van der Waals surface area (Å²) in [6, 6.07) is 6.76. The maximum Gasteiger partial charge on any atom is 0.260 e. The van der Waals surface area contributed by atoms with Crippen molar-refractivity contribution in [3.05, 3.63) is 29.3 Å². The fourth-order valence-corrected chi connectivity index (χ4v) is 1.70. The molecule has 0 aliphatic carbocycles. The molecule has 0 aromatic heterocycles. The van der Waals surface area contributed by atoms with Gasteiger partial charge < -0.3 is 15.0 Å². The highest BCUT2D eigenvalue weighted by Gasteiger charge is 2.15. The first-order chi connectivity index (χ1) is 9.56. The second kappa shape index (κ2) is 8.43. The van der Waals surface area contributed by atoms with Crippen LogP contribution in [0.25, 0.3) is 0 Å². The molecule has 1 aromatic rings. The highest BCUT2D eigenvalue weighted by Crippen LogP contribution is 2.15. The zero-order valence-electron chi connectivity index (χ0n) is 11.7. The molecule has 20 heavy (non-hydrogen) atoms. The Labute approximate surface area is 123 Å². The van der Waals surface area contributed by atoms with Crippen LogP contribution in [0.1, 0.15) is 13.8 Å². The van der Waals surface area contributed by atoms with Gasteiger partial charge in [-0.3, -0.25) is 9.59 Å². The number of amides is 2. The molecule has 1 aromatic carbocycles. The third kappa shape index (κ3) is 5.48. The van der Waals surface area contributed by atoms with Gasteiger partial charge in [0.25, 0.3) is 5.91 Å². The lowest BCUT2D eigenvalue weighted by atomic mass is 10.3. The quantitative estimate of drug-likeness (QED) is 0.833. The van der Waals surface area contributed by atoms with E-state index < -0.39 is 0 Å². The molecule has 0 unspecified atom stereocenters. The normalized spacial score (nSPS) is 9.95. The van der Waals surface area contributed by atoms with Crippen LogP contribution in [0.15, 0.2) is 24.3 Å². The van der Waals surface area contributed by atoms with Gasteiger partial charge in [0, 0.05) is 18.1 Å². The average Bonchev–Trinajstić information content (AvgIpc) is 2.44. The molecular weight excluding hydrogens is 280 g/mol. The van der Waals surface area contributed by atoms with Crippen molar-refractivity contribution in [1.29, 1.82) is 0 Å². The van der Waals surface area contributed by atoms with Crippen molar-refractivity contribution in [2.75, 3.05) is 26.2 Å². The van der Waals surface area contributed by atoms with Crippen LogP contribution < -0.4 is 10.1 Å². The van der Waals surface area contributed by atoms with Gasteiger partial charge in [0.1, 0.15) is 5.75 Å². The van der Waals surface area contributed by atoms with E-state index in [1.807, 2.05) is 13.8 Å². The Morgan fingerprint density at radius 3 is 2.45 bits per heavy atom. The van der Waals surface area contributed by atoms with Crippen molar-refractivity contribution >= 4 is 23.4 Å². The Kier molecular flexibility index (Phi) is 6.87. The van der Waals surface area contributed by atoms with Gasteiger partial charge in [-0.25, -0.2) is 0 Å². The summed E-state index contributed by atoms with van der Waals surface area (Å²) in [5, 5.41) is 3.26. The second-order valence-electron chi connectivity index (χ2n) is 4.10. The summed E-state index contributed by atoms with van der Waals surface area (Å²) in [6.07, 6.45) is 0. The standard InChI is InChI=1S/C14H19ClN2O3/c1-3-16-13(18)9-17(4-2)14(19)10-20-12-7-5-11(15)6-8-12/h5-8H,3-4,9-10H2,1-2H3,(H,16,18). The van der Waals surface area contributed by atoms with E-state index in [0.29, 0.717) is 23.9 Å². The van der Waals surface area contributed by atoms with E-state index in [9.17, 15) is 9.59 Å². The number of ether oxygens (including phenoxy) is 1. The van der Waals surface area contributed by atoms with E-state index in [-0.39, 0.29) is 25.0 Å². The van der Waals surface area contributed by atoms with Gasteiger partial charge in [0.05, 0.1) is 6.54 Å². The van der Waals surface area contributed by atoms with Crippen molar-refractivity contribution in [3.63, 3.8) is 0 Å². The van der Waals surface area contributed by atoms with E-state index in [1.165, 1.54) is 4.90 Å². The molecule has 0 atom stereocenters. The van der Waals surface area contributed by atoms with Crippen LogP contribution in [0.5, 0.6) is 5.75 Å². The van der Waals surface area contributed by atoms with E-state index >= 15 is 0 Å². The van der Waals surface area contributed by atoms with Crippen molar-refractivity contribution in [2.45, 2.75) is 13.8 Å². The monoisotopic (exact) mass is 298 g/mol. The second-order valence-corrected chi connectivity index (χ2v) is 4.54. The van der Waals surface area contributed by atoms with Gasteiger partial charge in [-0.05, 0) is 38.1 Å². The molecule has 0 saturated heterocycles. The molecule has 2 amide bonds. The smallest absolute Gasteiger partial charge is 0.260 e. The fourth-order valence-electron chi connectivity index (χ4n) is 1.57.